The van der Waals surface area contributed by atoms with Gasteiger partial charge in [-0.2, -0.15) is 0 Å². The predicted molar refractivity (Wildman–Crippen MR) is 64.1 cm³/mol. The molecule has 3 nitrogen and oxygen atoms in total. The Kier molecular flexibility index (Phi) is 4.42. The van der Waals surface area contributed by atoms with Crippen molar-refractivity contribution in [2.45, 2.75) is 32.2 Å². The molecule has 0 amide bonds. The molecule has 0 aromatic heterocycles. The lowest BCUT2D eigenvalue weighted by molar-refractivity contribution is 0.158. The van der Waals surface area contributed by atoms with Gasteiger partial charge in [-0.1, -0.05) is 0 Å². The molecule has 0 saturated carbocycles. The van der Waals surface area contributed by atoms with E-state index in [1.807, 2.05) is 0 Å². The van der Waals surface area contributed by atoms with Crippen molar-refractivity contribution in [3.05, 3.63) is 0 Å². The fraction of sp³-hybridized carbons (Fsp3) is 1.00. The highest BCUT2D eigenvalue weighted by atomic mass is 15.2. The first-order chi connectivity index (χ1) is 7.36. The molecule has 3 heteroatoms. The Balaban J connectivity index is 1.67. The van der Waals surface area contributed by atoms with Crippen molar-refractivity contribution >= 4 is 0 Å². The molecule has 2 aliphatic rings. The van der Waals surface area contributed by atoms with Gasteiger partial charge in [0.1, 0.15) is 0 Å². The second-order valence-corrected chi connectivity index (χ2v) is 5.09. The molecule has 0 radical (unpaired) electrons. The molecular weight excluding hydrogens is 186 g/mol. The van der Waals surface area contributed by atoms with E-state index in [9.17, 15) is 0 Å². The molecule has 2 N–H and O–H groups in total. The van der Waals surface area contributed by atoms with Crippen LogP contribution in [0.4, 0.5) is 0 Å². The van der Waals surface area contributed by atoms with Gasteiger partial charge in [0.15, 0.2) is 0 Å². The molecule has 0 aliphatic carbocycles. The zero-order chi connectivity index (χ0) is 10.5. The third-order valence-corrected chi connectivity index (χ3v) is 3.86. The minimum absolute atomic E-state index is 0.732. The number of piperazine rings is 1. The fourth-order valence-electron chi connectivity index (χ4n) is 2.73. The van der Waals surface area contributed by atoms with Crippen LogP contribution in [-0.2, 0) is 0 Å². The van der Waals surface area contributed by atoms with Crippen molar-refractivity contribution in [1.82, 2.24) is 15.5 Å². The van der Waals surface area contributed by atoms with Gasteiger partial charge in [-0.3, -0.25) is 4.90 Å². The standard InChI is InChI=1S/C12H25N3/c1-11-9-14-6-8-15(11)7-4-12-3-2-5-13-10-12/h11-14H,2-10H2,1H3. The van der Waals surface area contributed by atoms with E-state index in [-0.39, 0.29) is 0 Å². The lowest BCUT2D eigenvalue weighted by Crippen LogP contribution is -2.50. The maximum absolute atomic E-state index is 3.50. The molecule has 2 aliphatic heterocycles. The van der Waals surface area contributed by atoms with Gasteiger partial charge in [0, 0.05) is 25.7 Å². The van der Waals surface area contributed by atoms with Crippen molar-refractivity contribution < 1.29 is 0 Å². The summed E-state index contributed by atoms with van der Waals surface area (Å²) in [5.74, 6) is 0.931. The van der Waals surface area contributed by atoms with Crippen molar-refractivity contribution in [3.63, 3.8) is 0 Å². The van der Waals surface area contributed by atoms with E-state index >= 15 is 0 Å². The van der Waals surface area contributed by atoms with Crippen LogP contribution < -0.4 is 10.6 Å². The van der Waals surface area contributed by atoms with Crippen LogP contribution in [0.5, 0.6) is 0 Å². The highest BCUT2D eigenvalue weighted by Crippen LogP contribution is 2.15. The molecule has 2 atom stereocenters. The minimum atomic E-state index is 0.732. The number of piperidine rings is 1. The highest BCUT2D eigenvalue weighted by Gasteiger charge is 2.19. The summed E-state index contributed by atoms with van der Waals surface area (Å²) in [4.78, 5) is 2.64. The van der Waals surface area contributed by atoms with E-state index in [0.717, 1.165) is 12.0 Å². The molecule has 2 unspecified atom stereocenters. The first-order valence-electron chi connectivity index (χ1n) is 6.52. The van der Waals surface area contributed by atoms with E-state index in [0.29, 0.717) is 0 Å². The Bertz CT molecular complexity index is 178. The van der Waals surface area contributed by atoms with Gasteiger partial charge in [0.25, 0.3) is 0 Å². The molecule has 2 heterocycles. The van der Waals surface area contributed by atoms with Crippen LogP contribution in [0.1, 0.15) is 26.2 Å². The largest absolute Gasteiger partial charge is 0.316 e. The lowest BCUT2D eigenvalue weighted by atomic mass is 9.95. The highest BCUT2D eigenvalue weighted by molar-refractivity contribution is 4.78. The van der Waals surface area contributed by atoms with Crippen LogP contribution in [0.25, 0.3) is 0 Å². The van der Waals surface area contributed by atoms with Crippen molar-refractivity contribution in [2.24, 2.45) is 5.92 Å². The van der Waals surface area contributed by atoms with Crippen LogP contribution in [0, 0.1) is 5.92 Å². The van der Waals surface area contributed by atoms with E-state index in [1.165, 1.54) is 58.5 Å². The van der Waals surface area contributed by atoms with Gasteiger partial charge in [-0.15, -0.1) is 0 Å². The predicted octanol–water partition coefficient (Wildman–Crippen LogP) is 0.670. The van der Waals surface area contributed by atoms with Crippen LogP contribution >= 0.6 is 0 Å². The number of nitrogens with one attached hydrogen (secondary N) is 2. The summed E-state index contributed by atoms with van der Waals surface area (Å²) in [5, 5.41) is 6.95. The summed E-state index contributed by atoms with van der Waals surface area (Å²) in [6.07, 6.45) is 4.20. The second-order valence-electron chi connectivity index (χ2n) is 5.09. The maximum atomic E-state index is 3.50. The Labute approximate surface area is 93.6 Å². The summed E-state index contributed by atoms with van der Waals surface area (Å²) in [6.45, 7) is 9.71. The van der Waals surface area contributed by atoms with E-state index in [2.05, 4.69) is 22.5 Å². The SMILES string of the molecule is CC1CNCCN1CCC1CCCNC1. The minimum Gasteiger partial charge on any atom is -0.316 e. The number of rotatable bonds is 3. The molecule has 15 heavy (non-hydrogen) atoms. The van der Waals surface area contributed by atoms with E-state index < -0.39 is 0 Å². The van der Waals surface area contributed by atoms with E-state index in [4.69, 9.17) is 0 Å². The monoisotopic (exact) mass is 211 g/mol. The zero-order valence-electron chi connectivity index (χ0n) is 9.97. The molecule has 88 valence electrons. The van der Waals surface area contributed by atoms with Crippen LogP contribution in [0.3, 0.4) is 0 Å². The van der Waals surface area contributed by atoms with Crippen LogP contribution in [-0.4, -0.2) is 50.2 Å². The number of hydrogen-bond donors (Lipinski definition) is 2. The van der Waals surface area contributed by atoms with E-state index in [1.54, 1.807) is 0 Å². The average molecular weight is 211 g/mol. The summed E-state index contributed by atoms with van der Waals surface area (Å²) < 4.78 is 0. The van der Waals surface area contributed by atoms with Gasteiger partial charge < -0.3 is 10.6 Å². The Morgan fingerprint density at radius 2 is 2.07 bits per heavy atom. The smallest absolute Gasteiger partial charge is 0.0192 e. The maximum Gasteiger partial charge on any atom is 0.0192 e. The van der Waals surface area contributed by atoms with Crippen molar-refractivity contribution in [2.75, 3.05) is 39.3 Å². The fourth-order valence-corrected chi connectivity index (χ4v) is 2.73. The summed E-state index contributed by atoms with van der Waals surface area (Å²) in [6, 6.07) is 0.732. The van der Waals surface area contributed by atoms with Gasteiger partial charge in [0.05, 0.1) is 0 Å². The van der Waals surface area contributed by atoms with Crippen LogP contribution in [0.15, 0.2) is 0 Å². The average Bonchev–Trinajstić information content (AvgIpc) is 2.29. The molecule has 0 aromatic rings. The molecule has 0 bridgehead atoms. The molecular formula is C12H25N3. The third-order valence-electron chi connectivity index (χ3n) is 3.86. The first kappa shape index (κ1) is 11.4. The third kappa shape index (κ3) is 3.44. The molecule has 0 spiro atoms. The number of nitrogens with zero attached hydrogens (tertiary/aromatic N) is 1. The summed E-state index contributed by atoms with van der Waals surface area (Å²) in [5.41, 5.74) is 0. The quantitative estimate of drug-likeness (QED) is 0.718. The Hall–Kier alpha value is -0.120. The van der Waals surface area contributed by atoms with Crippen LogP contribution in [0.2, 0.25) is 0 Å². The van der Waals surface area contributed by atoms with Gasteiger partial charge in [-0.25, -0.2) is 0 Å². The van der Waals surface area contributed by atoms with Crippen molar-refractivity contribution in [1.29, 1.82) is 0 Å². The lowest BCUT2D eigenvalue weighted by Gasteiger charge is -2.35. The second kappa shape index (κ2) is 5.83. The summed E-state index contributed by atoms with van der Waals surface area (Å²) >= 11 is 0. The van der Waals surface area contributed by atoms with Gasteiger partial charge >= 0.3 is 0 Å². The Morgan fingerprint density at radius 1 is 1.20 bits per heavy atom. The van der Waals surface area contributed by atoms with Gasteiger partial charge in [-0.05, 0) is 51.7 Å². The zero-order valence-corrected chi connectivity index (χ0v) is 9.97. The topological polar surface area (TPSA) is 27.3 Å². The molecule has 2 saturated heterocycles. The van der Waals surface area contributed by atoms with Gasteiger partial charge in [0.2, 0.25) is 0 Å². The Morgan fingerprint density at radius 3 is 2.80 bits per heavy atom. The normalized spacial score (nSPS) is 34.2. The molecule has 0 aromatic carbocycles. The summed E-state index contributed by atoms with van der Waals surface area (Å²) in [7, 11) is 0. The first-order valence-corrected chi connectivity index (χ1v) is 6.52. The van der Waals surface area contributed by atoms with Crippen molar-refractivity contribution in [3.8, 4) is 0 Å². The molecule has 2 rings (SSSR count). The molecule has 2 fully saturated rings. The number of hydrogen-bond acceptors (Lipinski definition) is 3.